The van der Waals surface area contributed by atoms with Gasteiger partial charge in [0.05, 0.1) is 0 Å². The lowest BCUT2D eigenvalue weighted by Crippen LogP contribution is -2.14. The molecule has 4 heterocycles. The van der Waals surface area contributed by atoms with E-state index in [9.17, 15) is 0 Å². The van der Waals surface area contributed by atoms with E-state index in [4.69, 9.17) is 19.8 Å². The molecule has 106 heavy (non-hydrogen) atoms. The molecule has 0 atom stereocenters. The molecule has 2 aliphatic rings. The first-order valence-corrected chi connectivity index (χ1v) is 39.1. The van der Waals surface area contributed by atoms with Gasteiger partial charge in [-0.1, -0.05) is 326 Å². The molecule has 2 nitrogen and oxygen atoms in total. The molecule has 4 aromatic heterocycles. The van der Waals surface area contributed by atoms with Gasteiger partial charge < -0.3 is 8.83 Å². The van der Waals surface area contributed by atoms with E-state index in [0.717, 1.165) is 79.0 Å². The first kappa shape index (κ1) is 65.0. The van der Waals surface area contributed by atoms with E-state index in [-0.39, 0.29) is 32.5 Å². The molecular formula is C102H108O2S2. The number of furan rings is 2. The van der Waals surface area contributed by atoms with Crippen molar-refractivity contribution in [3.8, 4) is 22.3 Å². The van der Waals surface area contributed by atoms with Crippen molar-refractivity contribution in [2.45, 2.75) is 197 Å². The highest BCUT2D eigenvalue weighted by Gasteiger charge is 2.28. The number of hydrogen-bond donors (Lipinski definition) is 0. The molecule has 0 spiro atoms. The van der Waals surface area contributed by atoms with E-state index in [0.29, 0.717) is 16.7 Å². The second-order valence-electron chi connectivity index (χ2n) is 34.8. The normalized spacial score (nSPS) is 14.2. The summed E-state index contributed by atoms with van der Waals surface area (Å²) in [5, 5.41) is 9.32. The van der Waals surface area contributed by atoms with E-state index < -0.39 is 20.1 Å². The van der Waals surface area contributed by atoms with E-state index in [2.05, 4.69) is 249 Å². The summed E-state index contributed by atoms with van der Waals surface area (Å²) in [6.45, 7) is 36.6. The number of fused-ring (bicyclic) bond motifs is 18. The number of hydrogen-bond acceptors (Lipinski definition) is 4. The minimum Gasteiger partial charge on any atom is -0.456 e. The molecule has 0 bridgehead atoms. The number of thiophene rings is 2. The van der Waals surface area contributed by atoms with Gasteiger partial charge in [0.15, 0.2) is 0 Å². The molecule has 12 aromatic carbocycles. The van der Waals surface area contributed by atoms with Gasteiger partial charge in [-0.15, -0.1) is 22.7 Å². The quantitative estimate of drug-likeness (QED) is 0.164. The fraction of sp³-hybridized carbons (Fsp3) is 0.294. The maximum absolute atomic E-state index is 8.17. The van der Waals surface area contributed by atoms with Crippen LogP contribution in [0.15, 0.2) is 245 Å². The Hall–Kier alpha value is -9.32. The van der Waals surface area contributed by atoms with Gasteiger partial charge in [-0.05, 0) is 202 Å². The van der Waals surface area contributed by atoms with Gasteiger partial charge in [0.1, 0.15) is 22.3 Å². The molecule has 0 N–H and O–H groups in total. The van der Waals surface area contributed by atoms with Crippen molar-refractivity contribution in [1.29, 1.82) is 0 Å². The highest BCUT2D eigenvalue weighted by molar-refractivity contribution is 7.26. The van der Waals surface area contributed by atoms with E-state index in [1.807, 2.05) is 134 Å². The molecule has 0 aliphatic heterocycles. The van der Waals surface area contributed by atoms with Crippen LogP contribution in [0.5, 0.6) is 0 Å². The predicted molar refractivity (Wildman–Crippen MR) is 467 cm³/mol. The fourth-order valence-electron chi connectivity index (χ4n) is 15.4. The van der Waals surface area contributed by atoms with Crippen LogP contribution >= 0.6 is 22.7 Å². The van der Waals surface area contributed by atoms with Crippen molar-refractivity contribution >= 4 is 107 Å². The second-order valence-corrected chi connectivity index (χ2v) is 37.0. The largest absolute Gasteiger partial charge is 0.456 e. The minimum absolute atomic E-state index is 0.162. The zero-order valence-corrected chi connectivity index (χ0v) is 67.2. The number of aryl methyl sites for hydroxylation is 3. The molecule has 0 radical (unpaired) electrons. The third kappa shape index (κ3) is 15.2. The predicted octanol–water partition coefficient (Wildman–Crippen LogP) is 30.8. The van der Waals surface area contributed by atoms with E-state index >= 15 is 0 Å². The monoisotopic (exact) mass is 1440 g/mol. The van der Waals surface area contributed by atoms with Gasteiger partial charge in [-0.2, -0.15) is 0 Å². The second kappa shape index (κ2) is 29.1. The van der Waals surface area contributed by atoms with Crippen LogP contribution in [-0.2, 0) is 51.7 Å². The lowest BCUT2D eigenvalue weighted by Gasteiger charge is -2.23. The SMILES string of the molecule is CC(C)(C)c1ccc2c(c1)Cc1ccccc1-2.CC(C)(C)c1cccc2c1sc1ccccc12.CC(C)(C)c1cccc2sc3ccccc3c12.[2H]C([2H])(C)c1ccc2oc3ccccc3c2c1C(C)(C)C.[2H]C([2H])([2H])c1c(C(C)(C)C)ccc2oc3ccccc3c12.[2H]C([2H])([2H])c1cc2c(cc1C(C)(C)C)Cc1ccccc1-2. The topological polar surface area (TPSA) is 26.3 Å². The standard InChI is InChI=1S/C18H20O.C18H20.C17H18O.C17H18.2C16H16S/c1-5-12-10-11-15-16(17(12)18(2,3)4)13-8-6-7-9-14(13)19-15;1-12-9-16-14(11-17(12)18(2,3)4)10-13-7-5-6-8-15(13)16;1-11-13(17(2,3)4)9-10-15-16(11)12-7-5-6-8-14(12)18-15;1-17(2,3)14-8-9-16-13(11-14)10-12-6-4-5-7-15(12)16;1-16(2,3)13-9-6-8-12-11-7-4-5-10-14(11)17-15(12)13;1-16(2,3)12-8-6-10-14-15(12)11-7-4-5-9-13(11)17-14/h6-11H,5H2,1-4H3;5-9,11H,10H2,1-4H3;5-10H,1-4H3;4-9,11H,10H2,1-3H3;2*4-10H,1-3H3/i5D2;2*1D3;;;. The van der Waals surface area contributed by atoms with Crippen molar-refractivity contribution in [3.63, 3.8) is 0 Å². The maximum Gasteiger partial charge on any atom is 0.135 e. The van der Waals surface area contributed by atoms with Crippen LogP contribution in [0.25, 0.3) is 106 Å². The van der Waals surface area contributed by atoms with Crippen LogP contribution in [0.4, 0.5) is 0 Å². The van der Waals surface area contributed by atoms with Crippen LogP contribution in [0.3, 0.4) is 0 Å². The molecule has 18 rings (SSSR count). The van der Waals surface area contributed by atoms with Crippen LogP contribution < -0.4 is 0 Å². The van der Waals surface area contributed by atoms with Gasteiger partial charge in [0.25, 0.3) is 0 Å². The summed E-state index contributed by atoms with van der Waals surface area (Å²) < 4.78 is 81.3. The first-order chi connectivity index (χ1) is 53.3. The third-order valence-corrected chi connectivity index (χ3v) is 23.1. The number of benzene rings is 12. The lowest BCUT2D eigenvalue weighted by atomic mass is 9.80. The average Bonchev–Trinajstić information content (AvgIpc) is 1.54. The van der Waals surface area contributed by atoms with Crippen LogP contribution in [0, 0.1) is 13.7 Å². The van der Waals surface area contributed by atoms with Crippen LogP contribution in [0.1, 0.15) is 215 Å². The Kier molecular flexibility index (Phi) is 17.8. The van der Waals surface area contributed by atoms with Crippen molar-refractivity contribution in [3.05, 3.63) is 309 Å². The first-order valence-electron chi connectivity index (χ1n) is 41.5. The third-order valence-electron chi connectivity index (χ3n) is 20.7. The van der Waals surface area contributed by atoms with Gasteiger partial charge in [0.2, 0.25) is 0 Å². The fourth-order valence-corrected chi connectivity index (χ4v) is 18.0. The summed E-state index contributed by atoms with van der Waals surface area (Å²) in [7, 11) is 0. The van der Waals surface area contributed by atoms with Gasteiger partial charge >= 0.3 is 0 Å². The van der Waals surface area contributed by atoms with Crippen molar-refractivity contribution in [1.82, 2.24) is 0 Å². The van der Waals surface area contributed by atoms with E-state index in [1.165, 1.54) is 96.0 Å². The Morgan fingerprint density at radius 3 is 1.40 bits per heavy atom. The molecule has 540 valence electrons. The molecule has 2 aliphatic carbocycles. The Labute approximate surface area is 650 Å². The van der Waals surface area contributed by atoms with Gasteiger partial charge in [-0.3, -0.25) is 0 Å². The molecule has 0 saturated carbocycles. The molecule has 4 heteroatoms. The Morgan fingerprint density at radius 1 is 0.330 bits per heavy atom. The average molecular weight is 1440 g/mol. The van der Waals surface area contributed by atoms with Crippen molar-refractivity contribution in [2.75, 3.05) is 0 Å². The molecule has 16 aromatic rings. The van der Waals surface area contributed by atoms with Crippen LogP contribution in [-0.4, -0.2) is 0 Å². The summed E-state index contributed by atoms with van der Waals surface area (Å²) in [5.74, 6) is 0. The highest BCUT2D eigenvalue weighted by Crippen LogP contribution is 2.46. The summed E-state index contributed by atoms with van der Waals surface area (Å²) in [6, 6.07) is 81.8. The zero-order valence-electron chi connectivity index (χ0n) is 73.6. The molecule has 0 unspecified atom stereocenters. The highest BCUT2D eigenvalue weighted by atomic mass is 32.1. The minimum atomic E-state index is -2.17. The van der Waals surface area contributed by atoms with Gasteiger partial charge in [0, 0.05) is 72.9 Å². The smallest absolute Gasteiger partial charge is 0.135 e. The Bertz CT molecular complexity index is 6110. The summed E-state index contributed by atoms with van der Waals surface area (Å²) in [5.41, 5.74) is 22.5. The summed E-state index contributed by atoms with van der Waals surface area (Å²) in [6.07, 6.45) is 0.612. The lowest BCUT2D eigenvalue weighted by molar-refractivity contribution is 0.585. The molecule has 0 fully saturated rings. The Balaban J connectivity index is 0.000000120. The van der Waals surface area contributed by atoms with Crippen molar-refractivity contribution in [2.24, 2.45) is 0 Å². The van der Waals surface area contributed by atoms with Crippen LogP contribution in [0.2, 0.25) is 0 Å². The molecule has 0 saturated heterocycles. The van der Waals surface area contributed by atoms with E-state index in [1.54, 1.807) is 6.92 Å². The molecule has 0 amide bonds. The number of para-hydroxylation sites is 2. The van der Waals surface area contributed by atoms with Crippen molar-refractivity contribution < 1.29 is 19.8 Å². The number of rotatable bonds is 1. The molecular weight excluding hydrogens is 1320 g/mol. The van der Waals surface area contributed by atoms with Gasteiger partial charge in [-0.25, -0.2) is 0 Å². The Morgan fingerprint density at radius 2 is 0.811 bits per heavy atom. The zero-order chi connectivity index (χ0) is 82.4. The summed E-state index contributed by atoms with van der Waals surface area (Å²) in [4.78, 5) is 0. The summed E-state index contributed by atoms with van der Waals surface area (Å²) >= 11 is 3.81. The maximum atomic E-state index is 8.17.